The topological polar surface area (TPSA) is 92.4 Å². The lowest BCUT2D eigenvalue weighted by Crippen LogP contribution is -2.36. The van der Waals surface area contributed by atoms with Crippen LogP contribution in [0, 0.1) is 5.41 Å². The van der Waals surface area contributed by atoms with Crippen molar-refractivity contribution in [3.63, 3.8) is 0 Å². The first-order valence-electron chi connectivity index (χ1n) is 5.65. The number of hydrogen-bond acceptors (Lipinski definition) is 3. The Kier molecular flexibility index (Phi) is 4.44. The highest BCUT2D eigenvalue weighted by Crippen LogP contribution is 2.12. The molecule has 0 spiro atoms. The van der Waals surface area contributed by atoms with E-state index in [1.165, 1.54) is 12.1 Å². The predicted molar refractivity (Wildman–Crippen MR) is 68.2 cm³/mol. The van der Waals surface area contributed by atoms with Gasteiger partial charge in [0.05, 0.1) is 0 Å². The third-order valence-electron chi connectivity index (χ3n) is 2.59. The zero-order chi connectivity index (χ0) is 13.8. The van der Waals surface area contributed by atoms with Crippen molar-refractivity contribution in [2.24, 2.45) is 11.1 Å². The molecule has 0 radical (unpaired) electrons. The largest absolute Gasteiger partial charge is 0.396 e. The molecule has 5 heteroatoms. The van der Waals surface area contributed by atoms with Gasteiger partial charge in [0.15, 0.2) is 0 Å². The summed E-state index contributed by atoms with van der Waals surface area (Å²) in [5, 5.41) is 11.8. The van der Waals surface area contributed by atoms with E-state index in [2.05, 4.69) is 5.32 Å². The number of rotatable bonds is 5. The van der Waals surface area contributed by atoms with E-state index < -0.39 is 5.91 Å². The number of hydrogen-bond donors (Lipinski definition) is 3. The lowest BCUT2D eigenvalue weighted by Gasteiger charge is -2.21. The van der Waals surface area contributed by atoms with Crippen molar-refractivity contribution in [1.29, 1.82) is 0 Å². The molecule has 18 heavy (non-hydrogen) atoms. The van der Waals surface area contributed by atoms with Crippen LogP contribution in [0.3, 0.4) is 0 Å². The maximum Gasteiger partial charge on any atom is 0.251 e. The van der Waals surface area contributed by atoms with E-state index in [9.17, 15) is 9.59 Å². The summed E-state index contributed by atoms with van der Waals surface area (Å²) in [5.74, 6) is -0.768. The van der Waals surface area contributed by atoms with Crippen molar-refractivity contribution >= 4 is 11.8 Å². The van der Waals surface area contributed by atoms with Crippen molar-refractivity contribution in [3.8, 4) is 0 Å². The fourth-order valence-corrected chi connectivity index (χ4v) is 1.26. The molecule has 0 saturated heterocycles. The average molecular weight is 250 g/mol. The first-order chi connectivity index (χ1) is 8.35. The normalized spacial score (nSPS) is 11.1. The average Bonchev–Trinajstić information content (AvgIpc) is 2.36. The summed E-state index contributed by atoms with van der Waals surface area (Å²) in [7, 11) is 0. The van der Waals surface area contributed by atoms with Gasteiger partial charge in [0.2, 0.25) is 5.91 Å². The Morgan fingerprint density at radius 2 is 1.72 bits per heavy atom. The highest BCUT2D eigenvalue weighted by Gasteiger charge is 2.17. The Morgan fingerprint density at radius 3 is 2.17 bits per heavy atom. The second-order valence-electron chi connectivity index (χ2n) is 4.95. The van der Waals surface area contributed by atoms with Crippen LogP contribution >= 0.6 is 0 Å². The van der Waals surface area contributed by atoms with Gasteiger partial charge in [0.1, 0.15) is 0 Å². The summed E-state index contributed by atoms with van der Waals surface area (Å²) in [6.45, 7) is 4.07. The zero-order valence-electron chi connectivity index (χ0n) is 10.6. The molecule has 5 nitrogen and oxygen atoms in total. The highest BCUT2D eigenvalue weighted by atomic mass is 16.3. The molecule has 2 amide bonds. The first kappa shape index (κ1) is 14.2. The van der Waals surface area contributed by atoms with Gasteiger partial charge in [-0.25, -0.2) is 0 Å². The van der Waals surface area contributed by atoms with Crippen LogP contribution in [-0.4, -0.2) is 30.1 Å². The number of nitrogens with two attached hydrogens (primary N) is 1. The standard InChI is InChI=1S/C13H18N2O3/c1-13(2,8-16)7-15-12(18)10-5-3-9(4-6-10)11(14)17/h3-6,16H,7-8H2,1-2H3,(H2,14,17)(H,15,18). The lowest BCUT2D eigenvalue weighted by atomic mass is 9.95. The molecule has 0 aliphatic carbocycles. The molecule has 0 unspecified atom stereocenters. The number of carbonyl (C=O) groups is 2. The molecule has 0 aliphatic rings. The summed E-state index contributed by atoms with van der Waals surface area (Å²) in [4.78, 5) is 22.7. The maximum atomic E-state index is 11.8. The molecular formula is C13H18N2O3. The van der Waals surface area contributed by atoms with Gasteiger partial charge in [-0.1, -0.05) is 13.8 Å². The maximum absolute atomic E-state index is 11.8. The fourth-order valence-electron chi connectivity index (χ4n) is 1.26. The van der Waals surface area contributed by atoms with Gasteiger partial charge in [-0.15, -0.1) is 0 Å². The number of aliphatic hydroxyl groups excluding tert-OH is 1. The summed E-state index contributed by atoms with van der Waals surface area (Å²) >= 11 is 0. The lowest BCUT2D eigenvalue weighted by molar-refractivity contribution is 0.0909. The summed E-state index contributed by atoms with van der Waals surface area (Å²) < 4.78 is 0. The minimum absolute atomic E-state index is 0.00606. The van der Waals surface area contributed by atoms with E-state index in [-0.39, 0.29) is 17.9 Å². The molecule has 0 atom stereocenters. The van der Waals surface area contributed by atoms with Crippen molar-refractivity contribution in [1.82, 2.24) is 5.32 Å². The van der Waals surface area contributed by atoms with Crippen LogP contribution in [-0.2, 0) is 0 Å². The number of benzene rings is 1. The molecule has 4 N–H and O–H groups in total. The Bertz CT molecular complexity index is 438. The molecule has 0 aliphatic heterocycles. The molecule has 0 heterocycles. The quantitative estimate of drug-likeness (QED) is 0.712. The molecule has 98 valence electrons. The van der Waals surface area contributed by atoms with Gasteiger partial charge in [0.25, 0.3) is 5.91 Å². The number of primary amides is 1. The van der Waals surface area contributed by atoms with Gasteiger partial charge in [-0.2, -0.15) is 0 Å². The smallest absolute Gasteiger partial charge is 0.251 e. The van der Waals surface area contributed by atoms with Gasteiger partial charge in [-0.05, 0) is 24.3 Å². The van der Waals surface area contributed by atoms with E-state index in [0.717, 1.165) is 0 Å². The second kappa shape index (κ2) is 5.64. The summed E-state index contributed by atoms with van der Waals surface area (Å²) in [6.07, 6.45) is 0. The molecule has 0 fully saturated rings. The predicted octanol–water partition coefficient (Wildman–Crippen LogP) is 0.534. The van der Waals surface area contributed by atoms with Crippen LogP contribution in [0.4, 0.5) is 0 Å². The van der Waals surface area contributed by atoms with Crippen molar-refractivity contribution in [2.45, 2.75) is 13.8 Å². The number of aliphatic hydroxyl groups is 1. The SMILES string of the molecule is CC(C)(CO)CNC(=O)c1ccc(C(N)=O)cc1. The van der Waals surface area contributed by atoms with Crippen LogP contribution in [0.1, 0.15) is 34.6 Å². The molecule has 0 saturated carbocycles. The van der Waals surface area contributed by atoms with Gasteiger partial charge in [0, 0.05) is 29.7 Å². The molecule has 1 rings (SSSR count). The number of carbonyl (C=O) groups excluding carboxylic acids is 2. The van der Waals surface area contributed by atoms with Crippen LogP contribution in [0.2, 0.25) is 0 Å². The number of nitrogens with one attached hydrogen (secondary N) is 1. The van der Waals surface area contributed by atoms with E-state index in [1.54, 1.807) is 12.1 Å². The minimum atomic E-state index is -0.525. The Balaban J connectivity index is 2.65. The third kappa shape index (κ3) is 3.85. The van der Waals surface area contributed by atoms with E-state index in [1.807, 2.05) is 13.8 Å². The molecule has 0 aromatic heterocycles. The van der Waals surface area contributed by atoms with E-state index in [4.69, 9.17) is 10.8 Å². The first-order valence-corrected chi connectivity index (χ1v) is 5.65. The van der Waals surface area contributed by atoms with E-state index in [0.29, 0.717) is 17.7 Å². The van der Waals surface area contributed by atoms with Crippen molar-refractivity contribution in [2.75, 3.05) is 13.2 Å². The Labute approximate surface area is 106 Å². The van der Waals surface area contributed by atoms with Gasteiger partial charge < -0.3 is 16.2 Å². The van der Waals surface area contributed by atoms with Crippen LogP contribution < -0.4 is 11.1 Å². The van der Waals surface area contributed by atoms with Gasteiger partial charge >= 0.3 is 0 Å². The second-order valence-corrected chi connectivity index (χ2v) is 4.95. The molecule has 0 bridgehead atoms. The van der Waals surface area contributed by atoms with Gasteiger partial charge in [-0.3, -0.25) is 9.59 Å². The van der Waals surface area contributed by atoms with Crippen LogP contribution in [0.5, 0.6) is 0 Å². The van der Waals surface area contributed by atoms with E-state index >= 15 is 0 Å². The monoisotopic (exact) mass is 250 g/mol. The highest BCUT2D eigenvalue weighted by molar-refractivity contribution is 5.97. The summed E-state index contributed by atoms with van der Waals surface area (Å²) in [5.41, 5.74) is 5.56. The van der Waals surface area contributed by atoms with Crippen molar-refractivity contribution < 1.29 is 14.7 Å². The Morgan fingerprint density at radius 1 is 1.22 bits per heavy atom. The van der Waals surface area contributed by atoms with Crippen molar-refractivity contribution in [3.05, 3.63) is 35.4 Å². The van der Waals surface area contributed by atoms with Crippen LogP contribution in [0.25, 0.3) is 0 Å². The summed E-state index contributed by atoms with van der Waals surface area (Å²) in [6, 6.07) is 6.10. The molecule has 1 aromatic rings. The number of amides is 2. The minimum Gasteiger partial charge on any atom is -0.396 e. The Hall–Kier alpha value is -1.88. The molecule has 1 aromatic carbocycles. The molecular weight excluding hydrogens is 232 g/mol. The fraction of sp³-hybridized carbons (Fsp3) is 0.385. The van der Waals surface area contributed by atoms with Crippen LogP contribution in [0.15, 0.2) is 24.3 Å². The third-order valence-corrected chi connectivity index (χ3v) is 2.59. The zero-order valence-corrected chi connectivity index (χ0v) is 10.6.